The molecule has 4 heteroatoms. The van der Waals surface area contributed by atoms with Crippen LogP contribution in [0.15, 0.2) is 30.3 Å². The molecule has 0 aliphatic carbocycles. The number of benzene rings is 1. The Morgan fingerprint density at radius 2 is 2.23 bits per heavy atom. The smallest absolute Gasteiger partial charge is 0.263 e. The maximum atomic E-state index is 12.8. The topological polar surface area (TPSA) is 29.5 Å². The highest BCUT2D eigenvalue weighted by atomic mass is 32.1. The van der Waals surface area contributed by atoms with Crippen LogP contribution in [0.5, 0.6) is 5.75 Å². The maximum absolute atomic E-state index is 12.8. The van der Waals surface area contributed by atoms with E-state index >= 15 is 0 Å². The number of likely N-dealkylation sites (tertiary alicyclic amines) is 1. The second-order valence-corrected chi connectivity index (χ2v) is 7.30. The third kappa shape index (κ3) is 2.31. The van der Waals surface area contributed by atoms with Crippen molar-refractivity contribution in [2.24, 2.45) is 5.92 Å². The number of piperidine rings is 1. The number of nitrogens with zero attached hydrogens (tertiary/aromatic N) is 1. The average molecular weight is 313 g/mol. The van der Waals surface area contributed by atoms with E-state index in [4.69, 9.17) is 4.74 Å². The Morgan fingerprint density at radius 1 is 1.36 bits per heavy atom. The summed E-state index contributed by atoms with van der Waals surface area (Å²) in [5, 5.41) is 0. The fourth-order valence-electron chi connectivity index (χ4n) is 3.33. The molecule has 0 N–H and O–H groups in total. The van der Waals surface area contributed by atoms with Crippen molar-refractivity contribution < 1.29 is 9.53 Å². The molecule has 1 saturated heterocycles. The number of thiophene rings is 1. The van der Waals surface area contributed by atoms with Crippen LogP contribution in [0.2, 0.25) is 0 Å². The van der Waals surface area contributed by atoms with Crippen molar-refractivity contribution in [3.05, 3.63) is 40.8 Å². The fraction of sp³-hybridized carbons (Fsp3) is 0.389. The number of hydrogen-bond donors (Lipinski definition) is 0. The molecule has 0 saturated carbocycles. The lowest BCUT2D eigenvalue weighted by Crippen LogP contribution is -2.38. The number of amides is 1. The first-order valence-electron chi connectivity index (χ1n) is 7.86. The van der Waals surface area contributed by atoms with Gasteiger partial charge in [0.25, 0.3) is 5.91 Å². The van der Waals surface area contributed by atoms with Crippen LogP contribution < -0.4 is 4.74 Å². The molecule has 2 aliphatic rings. The minimum absolute atomic E-state index is 0.184. The van der Waals surface area contributed by atoms with Crippen LogP contribution >= 0.6 is 11.3 Å². The summed E-state index contributed by atoms with van der Waals surface area (Å²) >= 11 is 1.61. The number of rotatable bonds is 1. The van der Waals surface area contributed by atoms with Gasteiger partial charge >= 0.3 is 0 Å². The van der Waals surface area contributed by atoms with Crippen molar-refractivity contribution in [1.82, 2.24) is 4.90 Å². The van der Waals surface area contributed by atoms with Crippen molar-refractivity contribution in [1.29, 1.82) is 0 Å². The van der Waals surface area contributed by atoms with Gasteiger partial charge in [-0.2, -0.15) is 0 Å². The summed E-state index contributed by atoms with van der Waals surface area (Å²) < 4.78 is 5.79. The molecule has 2 aromatic rings. The van der Waals surface area contributed by atoms with Gasteiger partial charge in [0.15, 0.2) is 0 Å². The summed E-state index contributed by atoms with van der Waals surface area (Å²) in [6.45, 7) is 4.56. The van der Waals surface area contributed by atoms with Crippen LogP contribution in [0.1, 0.15) is 35.0 Å². The summed E-state index contributed by atoms with van der Waals surface area (Å²) in [7, 11) is 0. The maximum Gasteiger partial charge on any atom is 0.263 e. The quantitative estimate of drug-likeness (QED) is 0.790. The summed E-state index contributed by atoms with van der Waals surface area (Å²) in [5.41, 5.74) is 2.25. The normalized spacial score (nSPS) is 20.0. The predicted molar refractivity (Wildman–Crippen MR) is 88.4 cm³/mol. The molecule has 1 atom stereocenters. The Morgan fingerprint density at radius 3 is 3.09 bits per heavy atom. The van der Waals surface area contributed by atoms with Gasteiger partial charge in [0, 0.05) is 29.1 Å². The van der Waals surface area contributed by atoms with Gasteiger partial charge in [-0.1, -0.05) is 19.1 Å². The van der Waals surface area contributed by atoms with Crippen LogP contribution in [0, 0.1) is 5.92 Å². The predicted octanol–water partition coefficient (Wildman–Crippen LogP) is 4.18. The van der Waals surface area contributed by atoms with Crippen molar-refractivity contribution in [2.45, 2.75) is 26.4 Å². The van der Waals surface area contributed by atoms with Gasteiger partial charge in [0.2, 0.25) is 0 Å². The van der Waals surface area contributed by atoms with Gasteiger partial charge in [-0.15, -0.1) is 11.3 Å². The first-order valence-corrected chi connectivity index (χ1v) is 8.68. The molecule has 1 unspecified atom stereocenters. The van der Waals surface area contributed by atoms with Crippen LogP contribution in [-0.4, -0.2) is 23.9 Å². The Labute approximate surface area is 134 Å². The highest BCUT2D eigenvalue weighted by Gasteiger charge is 2.26. The van der Waals surface area contributed by atoms with E-state index in [0.717, 1.165) is 41.3 Å². The van der Waals surface area contributed by atoms with Crippen LogP contribution in [0.4, 0.5) is 0 Å². The third-order valence-corrected chi connectivity index (χ3v) is 5.68. The van der Waals surface area contributed by atoms with Gasteiger partial charge in [-0.05, 0) is 37.0 Å². The number of para-hydroxylation sites is 1. The zero-order valence-electron chi connectivity index (χ0n) is 12.7. The van der Waals surface area contributed by atoms with E-state index in [1.54, 1.807) is 11.3 Å². The molecule has 114 valence electrons. The Kier molecular flexibility index (Phi) is 3.41. The first-order chi connectivity index (χ1) is 10.7. The van der Waals surface area contributed by atoms with Gasteiger partial charge in [0.1, 0.15) is 12.4 Å². The van der Waals surface area contributed by atoms with Crippen molar-refractivity contribution in [3.8, 4) is 16.2 Å². The highest BCUT2D eigenvalue weighted by Crippen LogP contribution is 2.42. The van der Waals surface area contributed by atoms with Crippen LogP contribution in [0.3, 0.4) is 0 Å². The molecule has 22 heavy (non-hydrogen) atoms. The molecule has 0 bridgehead atoms. The van der Waals surface area contributed by atoms with E-state index < -0.39 is 0 Å². The Hall–Kier alpha value is -1.81. The molecule has 1 aromatic carbocycles. The number of carbonyl (C=O) groups is 1. The Balaban J connectivity index is 1.66. The lowest BCUT2D eigenvalue weighted by atomic mass is 10.00. The van der Waals surface area contributed by atoms with E-state index in [0.29, 0.717) is 12.5 Å². The molecule has 1 fully saturated rings. The standard InChI is InChI=1S/C18H19NO2S/c1-12-5-4-8-19(10-12)18(20)16-9-13-11-21-15-7-3-2-6-14(15)17(13)22-16/h2-3,6-7,9,12H,4-5,8,10-11H2,1H3. The highest BCUT2D eigenvalue weighted by molar-refractivity contribution is 7.17. The minimum Gasteiger partial charge on any atom is -0.488 e. The average Bonchev–Trinajstić information content (AvgIpc) is 2.99. The second kappa shape index (κ2) is 5.43. The van der Waals surface area contributed by atoms with Gasteiger partial charge in [-0.25, -0.2) is 0 Å². The monoisotopic (exact) mass is 313 g/mol. The summed E-state index contributed by atoms with van der Waals surface area (Å²) in [4.78, 5) is 16.8. The molecule has 3 heterocycles. The van der Waals surface area contributed by atoms with Crippen molar-refractivity contribution in [3.63, 3.8) is 0 Å². The molecule has 4 rings (SSSR count). The number of carbonyl (C=O) groups excluding carboxylic acids is 1. The molecular weight excluding hydrogens is 294 g/mol. The molecule has 3 nitrogen and oxygen atoms in total. The van der Waals surface area contributed by atoms with Gasteiger partial charge in [0.05, 0.1) is 4.88 Å². The van der Waals surface area contributed by atoms with Crippen molar-refractivity contribution >= 4 is 17.2 Å². The van der Waals surface area contributed by atoms with E-state index in [2.05, 4.69) is 13.0 Å². The Bertz CT molecular complexity index is 722. The molecule has 1 aromatic heterocycles. The van der Waals surface area contributed by atoms with Crippen LogP contribution in [-0.2, 0) is 6.61 Å². The second-order valence-electron chi connectivity index (χ2n) is 6.25. The largest absolute Gasteiger partial charge is 0.488 e. The molecular formula is C18H19NO2S. The lowest BCUT2D eigenvalue weighted by Gasteiger charge is -2.30. The SMILES string of the molecule is CC1CCCN(C(=O)c2cc3c(s2)-c2ccccc2OC3)C1. The fourth-order valence-corrected chi connectivity index (χ4v) is 4.50. The van der Waals surface area contributed by atoms with E-state index in [1.165, 1.54) is 11.3 Å². The van der Waals surface area contributed by atoms with Crippen LogP contribution in [0.25, 0.3) is 10.4 Å². The van der Waals surface area contributed by atoms with E-state index in [1.807, 2.05) is 29.2 Å². The molecule has 1 amide bonds. The summed E-state index contributed by atoms with van der Waals surface area (Å²) in [6, 6.07) is 10.1. The summed E-state index contributed by atoms with van der Waals surface area (Å²) in [5.74, 6) is 1.71. The summed E-state index contributed by atoms with van der Waals surface area (Å²) in [6.07, 6.45) is 2.34. The van der Waals surface area contributed by atoms with E-state index in [9.17, 15) is 4.79 Å². The minimum atomic E-state index is 0.184. The van der Waals surface area contributed by atoms with Gasteiger partial charge in [-0.3, -0.25) is 4.79 Å². The first kappa shape index (κ1) is 13.8. The zero-order chi connectivity index (χ0) is 15.1. The number of hydrogen-bond acceptors (Lipinski definition) is 3. The zero-order valence-corrected chi connectivity index (χ0v) is 13.5. The number of fused-ring (bicyclic) bond motifs is 3. The molecule has 0 radical (unpaired) electrons. The molecule has 2 aliphatic heterocycles. The lowest BCUT2D eigenvalue weighted by molar-refractivity contribution is 0.0688. The molecule has 0 spiro atoms. The van der Waals surface area contributed by atoms with Gasteiger partial charge < -0.3 is 9.64 Å². The number of ether oxygens (including phenoxy) is 1. The van der Waals surface area contributed by atoms with Crippen molar-refractivity contribution in [2.75, 3.05) is 13.1 Å². The van der Waals surface area contributed by atoms with E-state index in [-0.39, 0.29) is 5.91 Å². The third-order valence-electron chi connectivity index (χ3n) is 4.48.